The fourth-order valence-electron chi connectivity index (χ4n) is 1.35. The van der Waals surface area contributed by atoms with Gasteiger partial charge in [0.1, 0.15) is 5.75 Å². The molecule has 0 aliphatic heterocycles. The smallest absolute Gasteiger partial charge is 0.232 e. The highest BCUT2D eigenvalue weighted by molar-refractivity contribution is 8.00. The van der Waals surface area contributed by atoms with Crippen LogP contribution in [0.5, 0.6) is 5.75 Å². The Morgan fingerprint density at radius 2 is 2.24 bits per heavy atom. The van der Waals surface area contributed by atoms with Gasteiger partial charge in [-0.1, -0.05) is 19.4 Å². The van der Waals surface area contributed by atoms with Gasteiger partial charge in [0, 0.05) is 18.5 Å². The maximum Gasteiger partial charge on any atom is 0.232 e. The molecule has 0 aliphatic rings. The molecule has 0 saturated heterocycles. The second-order valence-electron chi connectivity index (χ2n) is 3.95. The number of carbonyl (C=O) groups excluding carboxylic acids is 1. The quantitative estimate of drug-likeness (QED) is 0.792. The second kappa shape index (κ2) is 7.22. The van der Waals surface area contributed by atoms with Crippen molar-refractivity contribution in [3.63, 3.8) is 0 Å². The number of aromatic hydroxyl groups is 1. The van der Waals surface area contributed by atoms with Crippen LogP contribution < -0.4 is 0 Å². The summed E-state index contributed by atoms with van der Waals surface area (Å²) in [5.74, 6) is 0.789. The van der Waals surface area contributed by atoms with Crippen LogP contribution in [0.4, 0.5) is 0 Å². The van der Waals surface area contributed by atoms with E-state index in [9.17, 15) is 9.90 Å². The number of rotatable bonds is 6. The molecule has 1 aromatic carbocycles. The van der Waals surface area contributed by atoms with Crippen LogP contribution >= 0.6 is 11.8 Å². The molecular formula is C13H19NO2S. The topological polar surface area (TPSA) is 40.5 Å². The molecule has 0 spiro atoms. The van der Waals surface area contributed by atoms with Gasteiger partial charge in [0.05, 0.1) is 5.75 Å². The van der Waals surface area contributed by atoms with Crippen molar-refractivity contribution in [2.24, 2.45) is 0 Å². The lowest BCUT2D eigenvalue weighted by atomic mass is 10.3. The van der Waals surface area contributed by atoms with E-state index in [1.165, 1.54) is 11.8 Å². The number of phenolic OH excluding ortho intramolecular Hbond substituents is 1. The molecule has 0 aliphatic carbocycles. The summed E-state index contributed by atoms with van der Waals surface area (Å²) in [7, 11) is 1.83. The Morgan fingerprint density at radius 3 is 2.88 bits per heavy atom. The first-order valence-corrected chi connectivity index (χ1v) is 6.78. The lowest BCUT2D eigenvalue weighted by Crippen LogP contribution is -2.29. The van der Waals surface area contributed by atoms with Crippen molar-refractivity contribution in [3.05, 3.63) is 24.3 Å². The molecule has 17 heavy (non-hydrogen) atoms. The van der Waals surface area contributed by atoms with Crippen molar-refractivity contribution in [2.45, 2.75) is 24.7 Å². The molecule has 0 radical (unpaired) electrons. The van der Waals surface area contributed by atoms with Gasteiger partial charge in [0.2, 0.25) is 5.91 Å². The minimum atomic E-state index is 0.131. The largest absolute Gasteiger partial charge is 0.508 e. The van der Waals surface area contributed by atoms with Gasteiger partial charge < -0.3 is 10.0 Å². The lowest BCUT2D eigenvalue weighted by molar-refractivity contribution is -0.127. The molecule has 0 heterocycles. The van der Waals surface area contributed by atoms with E-state index in [1.807, 2.05) is 13.1 Å². The van der Waals surface area contributed by atoms with Crippen molar-refractivity contribution in [1.82, 2.24) is 4.90 Å². The Hall–Kier alpha value is -1.16. The Labute approximate surface area is 107 Å². The molecule has 0 aromatic heterocycles. The molecule has 0 fully saturated rings. The predicted octanol–water partition coefficient (Wildman–Crippen LogP) is 2.74. The number of thioether (sulfide) groups is 1. The molecule has 1 amide bonds. The van der Waals surface area contributed by atoms with Crippen molar-refractivity contribution in [2.75, 3.05) is 19.3 Å². The van der Waals surface area contributed by atoms with E-state index < -0.39 is 0 Å². The van der Waals surface area contributed by atoms with Crippen molar-refractivity contribution < 1.29 is 9.90 Å². The Balaban J connectivity index is 2.37. The molecule has 1 aromatic rings. The number of amides is 1. The van der Waals surface area contributed by atoms with E-state index in [-0.39, 0.29) is 11.7 Å². The monoisotopic (exact) mass is 253 g/mol. The zero-order valence-electron chi connectivity index (χ0n) is 10.3. The van der Waals surface area contributed by atoms with Gasteiger partial charge in [-0.05, 0) is 24.6 Å². The Morgan fingerprint density at radius 1 is 1.47 bits per heavy atom. The first-order chi connectivity index (χ1) is 8.13. The molecule has 0 unspecified atom stereocenters. The molecule has 0 bridgehead atoms. The van der Waals surface area contributed by atoms with Gasteiger partial charge in [-0.3, -0.25) is 4.79 Å². The fourth-order valence-corrected chi connectivity index (χ4v) is 2.24. The van der Waals surface area contributed by atoms with E-state index in [0.29, 0.717) is 5.75 Å². The summed E-state index contributed by atoms with van der Waals surface area (Å²) in [6, 6.07) is 6.97. The van der Waals surface area contributed by atoms with Gasteiger partial charge in [0.25, 0.3) is 0 Å². The summed E-state index contributed by atoms with van der Waals surface area (Å²) in [5, 5.41) is 9.29. The van der Waals surface area contributed by atoms with E-state index in [0.717, 1.165) is 24.3 Å². The highest BCUT2D eigenvalue weighted by Gasteiger charge is 2.08. The zero-order valence-corrected chi connectivity index (χ0v) is 11.2. The Kier molecular flexibility index (Phi) is 5.91. The van der Waals surface area contributed by atoms with Crippen LogP contribution in [0.15, 0.2) is 29.2 Å². The fraction of sp³-hybridized carbons (Fsp3) is 0.462. The summed E-state index contributed by atoms with van der Waals surface area (Å²) < 4.78 is 0. The normalized spacial score (nSPS) is 10.2. The number of nitrogens with zero attached hydrogens (tertiary/aromatic N) is 1. The molecular weight excluding hydrogens is 234 g/mol. The van der Waals surface area contributed by atoms with Crippen LogP contribution in [-0.4, -0.2) is 35.3 Å². The minimum absolute atomic E-state index is 0.131. The van der Waals surface area contributed by atoms with Gasteiger partial charge >= 0.3 is 0 Å². The highest BCUT2D eigenvalue weighted by Crippen LogP contribution is 2.22. The average Bonchev–Trinajstić information content (AvgIpc) is 2.33. The van der Waals surface area contributed by atoms with Crippen LogP contribution in [-0.2, 0) is 4.79 Å². The van der Waals surface area contributed by atoms with Crippen molar-refractivity contribution in [1.29, 1.82) is 0 Å². The zero-order chi connectivity index (χ0) is 12.7. The maximum atomic E-state index is 11.7. The van der Waals surface area contributed by atoms with Crippen LogP contribution in [0.1, 0.15) is 19.8 Å². The van der Waals surface area contributed by atoms with Crippen molar-refractivity contribution >= 4 is 17.7 Å². The molecule has 0 atom stereocenters. The van der Waals surface area contributed by atoms with Gasteiger partial charge in [-0.25, -0.2) is 0 Å². The first kappa shape index (κ1) is 13.9. The van der Waals surface area contributed by atoms with E-state index in [2.05, 4.69) is 6.92 Å². The van der Waals surface area contributed by atoms with Gasteiger partial charge in [-0.2, -0.15) is 0 Å². The number of benzene rings is 1. The molecule has 4 heteroatoms. The minimum Gasteiger partial charge on any atom is -0.508 e. The number of hydrogen-bond donors (Lipinski definition) is 1. The second-order valence-corrected chi connectivity index (χ2v) is 5.00. The third-order valence-electron chi connectivity index (χ3n) is 2.45. The summed E-state index contributed by atoms with van der Waals surface area (Å²) in [4.78, 5) is 14.4. The standard InChI is InChI=1S/C13H19NO2S/c1-3-4-8-14(2)13(16)10-17-12-7-5-6-11(15)9-12/h5-7,9,15H,3-4,8,10H2,1-2H3. The summed E-state index contributed by atoms with van der Waals surface area (Å²) in [6.45, 7) is 2.93. The van der Waals surface area contributed by atoms with Crippen molar-refractivity contribution in [3.8, 4) is 5.75 Å². The molecule has 0 saturated carbocycles. The summed E-state index contributed by atoms with van der Waals surface area (Å²) >= 11 is 1.45. The van der Waals surface area contributed by atoms with Crippen LogP contribution in [0.3, 0.4) is 0 Å². The SMILES string of the molecule is CCCCN(C)C(=O)CSc1cccc(O)c1. The lowest BCUT2D eigenvalue weighted by Gasteiger charge is -2.16. The molecule has 94 valence electrons. The van der Waals surface area contributed by atoms with Crippen LogP contribution in [0.2, 0.25) is 0 Å². The van der Waals surface area contributed by atoms with Crippen LogP contribution in [0.25, 0.3) is 0 Å². The Bertz CT molecular complexity index is 368. The van der Waals surface area contributed by atoms with Gasteiger partial charge in [-0.15, -0.1) is 11.8 Å². The number of phenols is 1. The molecule has 1 N–H and O–H groups in total. The number of hydrogen-bond acceptors (Lipinski definition) is 3. The maximum absolute atomic E-state index is 11.7. The van der Waals surface area contributed by atoms with E-state index in [1.54, 1.807) is 23.1 Å². The predicted molar refractivity (Wildman–Crippen MR) is 71.4 cm³/mol. The van der Waals surface area contributed by atoms with Gasteiger partial charge in [0.15, 0.2) is 0 Å². The molecule has 1 rings (SSSR count). The highest BCUT2D eigenvalue weighted by atomic mass is 32.2. The third-order valence-corrected chi connectivity index (χ3v) is 3.43. The molecule has 3 nitrogen and oxygen atoms in total. The number of unbranched alkanes of at least 4 members (excludes halogenated alkanes) is 1. The third kappa shape index (κ3) is 5.13. The first-order valence-electron chi connectivity index (χ1n) is 5.79. The number of carbonyl (C=O) groups is 1. The summed E-state index contributed by atoms with van der Waals surface area (Å²) in [5.41, 5.74) is 0. The van der Waals surface area contributed by atoms with E-state index >= 15 is 0 Å². The van der Waals surface area contributed by atoms with E-state index in [4.69, 9.17) is 0 Å². The average molecular weight is 253 g/mol. The summed E-state index contributed by atoms with van der Waals surface area (Å²) in [6.07, 6.45) is 2.14. The van der Waals surface area contributed by atoms with Crippen LogP contribution in [0, 0.1) is 0 Å².